The van der Waals surface area contributed by atoms with Crippen LogP contribution in [0.3, 0.4) is 0 Å². The van der Waals surface area contributed by atoms with E-state index in [1.54, 1.807) is 6.92 Å². The van der Waals surface area contributed by atoms with Gasteiger partial charge < -0.3 is 9.64 Å². The number of piperidine rings is 2. The number of methoxy groups -OCH3 is 1. The number of likely N-dealkylation sites (tertiary alicyclic amines) is 1. The predicted octanol–water partition coefficient (Wildman–Crippen LogP) is 2.44. The van der Waals surface area contributed by atoms with Crippen molar-refractivity contribution in [3.63, 3.8) is 0 Å². The summed E-state index contributed by atoms with van der Waals surface area (Å²) in [6, 6.07) is 4.47. The van der Waals surface area contributed by atoms with Crippen LogP contribution in [0, 0.1) is 18.8 Å². The van der Waals surface area contributed by atoms with Crippen LogP contribution in [0.15, 0.2) is 23.1 Å². The van der Waals surface area contributed by atoms with Crippen molar-refractivity contribution in [1.82, 2.24) is 9.21 Å². The molecule has 29 heavy (non-hydrogen) atoms. The molecule has 0 atom stereocenters. The molecule has 2 aliphatic rings. The first-order chi connectivity index (χ1) is 13.7. The summed E-state index contributed by atoms with van der Waals surface area (Å²) < 4.78 is 32.3. The highest BCUT2D eigenvalue weighted by atomic mass is 32.2. The average Bonchev–Trinajstić information content (AvgIpc) is 2.73. The number of esters is 1. The Kier molecular flexibility index (Phi) is 6.63. The van der Waals surface area contributed by atoms with E-state index in [9.17, 15) is 18.0 Å². The maximum atomic E-state index is 13.1. The van der Waals surface area contributed by atoms with Gasteiger partial charge in [0.05, 0.1) is 17.6 Å². The maximum Gasteiger partial charge on any atom is 0.337 e. The summed E-state index contributed by atoms with van der Waals surface area (Å²) in [5, 5.41) is 0. The molecule has 160 valence electrons. The lowest BCUT2D eigenvalue weighted by Gasteiger charge is -2.36. The maximum absolute atomic E-state index is 13.1. The highest BCUT2D eigenvalue weighted by Crippen LogP contribution is 2.28. The Morgan fingerprint density at radius 2 is 1.66 bits per heavy atom. The fourth-order valence-corrected chi connectivity index (χ4v) is 5.83. The van der Waals surface area contributed by atoms with Gasteiger partial charge in [-0.2, -0.15) is 4.31 Å². The zero-order valence-electron chi connectivity index (χ0n) is 17.4. The highest BCUT2D eigenvalue weighted by Gasteiger charge is 2.35. The lowest BCUT2D eigenvalue weighted by molar-refractivity contribution is -0.138. The molecule has 3 rings (SSSR count). The van der Waals surface area contributed by atoms with E-state index >= 15 is 0 Å². The SMILES string of the molecule is COC(=O)c1ccc(S(=O)(=O)N2CCC(C(=O)N3CCC(C)CC3)CC2)c(C)c1. The lowest BCUT2D eigenvalue weighted by atomic mass is 9.93. The molecule has 1 amide bonds. The molecule has 7 nitrogen and oxygen atoms in total. The Morgan fingerprint density at radius 1 is 1.03 bits per heavy atom. The van der Waals surface area contributed by atoms with Crippen LogP contribution < -0.4 is 0 Å². The fourth-order valence-electron chi connectivity index (χ4n) is 4.15. The van der Waals surface area contributed by atoms with Crippen LogP contribution in [0.2, 0.25) is 0 Å². The van der Waals surface area contributed by atoms with Crippen LogP contribution in [0.1, 0.15) is 48.5 Å². The van der Waals surface area contributed by atoms with E-state index in [1.165, 1.54) is 29.6 Å². The summed E-state index contributed by atoms with van der Waals surface area (Å²) in [6.07, 6.45) is 3.17. The van der Waals surface area contributed by atoms with Crippen molar-refractivity contribution in [1.29, 1.82) is 0 Å². The van der Waals surface area contributed by atoms with Crippen molar-refractivity contribution in [2.75, 3.05) is 33.3 Å². The Labute approximate surface area is 173 Å². The number of aryl methyl sites for hydroxylation is 1. The summed E-state index contributed by atoms with van der Waals surface area (Å²) in [6.45, 7) is 6.18. The average molecular weight is 423 g/mol. The minimum absolute atomic E-state index is 0.0994. The number of rotatable bonds is 4. The molecule has 0 spiro atoms. The molecule has 0 radical (unpaired) electrons. The Bertz CT molecular complexity index is 867. The second kappa shape index (κ2) is 8.83. The monoisotopic (exact) mass is 422 g/mol. The number of benzene rings is 1. The van der Waals surface area contributed by atoms with E-state index in [0.29, 0.717) is 43.0 Å². The second-order valence-corrected chi connectivity index (χ2v) is 10.1. The molecule has 0 bridgehead atoms. The summed E-state index contributed by atoms with van der Waals surface area (Å²) >= 11 is 0. The van der Waals surface area contributed by atoms with Gasteiger partial charge in [0.15, 0.2) is 0 Å². The van der Waals surface area contributed by atoms with Gasteiger partial charge >= 0.3 is 5.97 Å². The molecular weight excluding hydrogens is 392 g/mol. The van der Waals surface area contributed by atoms with Crippen LogP contribution in [-0.4, -0.2) is 62.8 Å². The van der Waals surface area contributed by atoms with Gasteiger partial charge in [-0.25, -0.2) is 13.2 Å². The van der Waals surface area contributed by atoms with Gasteiger partial charge in [0, 0.05) is 32.1 Å². The highest BCUT2D eigenvalue weighted by molar-refractivity contribution is 7.89. The third-order valence-electron chi connectivity index (χ3n) is 6.11. The molecule has 2 heterocycles. The van der Waals surface area contributed by atoms with Gasteiger partial charge in [0.2, 0.25) is 15.9 Å². The van der Waals surface area contributed by atoms with E-state index < -0.39 is 16.0 Å². The fraction of sp³-hybridized carbons (Fsp3) is 0.619. The summed E-state index contributed by atoms with van der Waals surface area (Å²) in [7, 11) is -2.38. The number of carbonyl (C=O) groups excluding carboxylic acids is 2. The van der Waals surface area contributed by atoms with Gasteiger partial charge in [0.1, 0.15) is 0 Å². The Balaban J connectivity index is 1.65. The number of amides is 1. The second-order valence-electron chi connectivity index (χ2n) is 8.16. The molecule has 0 aliphatic carbocycles. The Hall–Kier alpha value is -1.93. The third kappa shape index (κ3) is 4.64. The van der Waals surface area contributed by atoms with Crippen molar-refractivity contribution >= 4 is 21.9 Å². The number of sulfonamides is 1. The molecule has 1 aromatic carbocycles. The van der Waals surface area contributed by atoms with Gasteiger partial charge in [-0.1, -0.05) is 6.92 Å². The first-order valence-corrected chi connectivity index (χ1v) is 11.7. The summed E-state index contributed by atoms with van der Waals surface area (Å²) in [5.41, 5.74) is 0.831. The molecular formula is C21H30N2O5S. The van der Waals surface area contributed by atoms with Crippen molar-refractivity contribution in [2.45, 2.75) is 44.4 Å². The number of carbonyl (C=O) groups is 2. The van der Waals surface area contributed by atoms with Crippen LogP contribution in [-0.2, 0) is 19.6 Å². The van der Waals surface area contributed by atoms with Crippen molar-refractivity contribution in [2.24, 2.45) is 11.8 Å². The summed E-state index contributed by atoms with van der Waals surface area (Å²) in [4.78, 5) is 26.6. The summed E-state index contributed by atoms with van der Waals surface area (Å²) in [5.74, 6) is 0.244. The predicted molar refractivity (Wildman–Crippen MR) is 109 cm³/mol. The minimum Gasteiger partial charge on any atom is -0.465 e. The van der Waals surface area contributed by atoms with Gasteiger partial charge in [-0.05, 0) is 62.3 Å². The van der Waals surface area contributed by atoms with Crippen molar-refractivity contribution in [3.05, 3.63) is 29.3 Å². The normalized spacial score (nSPS) is 19.9. The van der Waals surface area contributed by atoms with Crippen LogP contribution >= 0.6 is 0 Å². The quantitative estimate of drug-likeness (QED) is 0.696. The molecule has 2 saturated heterocycles. The van der Waals surface area contributed by atoms with E-state index in [2.05, 4.69) is 11.7 Å². The number of hydrogen-bond acceptors (Lipinski definition) is 5. The third-order valence-corrected chi connectivity index (χ3v) is 8.17. The molecule has 0 aromatic heterocycles. The van der Waals surface area contributed by atoms with E-state index in [0.717, 1.165) is 25.9 Å². The first kappa shape index (κ1) is 21.8. The lowest BCUT2D eigenvalue weighted by Crippen LogP contribution is -2.46. The van der Waals surface area contributed by atoms with Gasteiger partial charge in [-0.15, -0.1) is 0 Å². The van der Waals surface area contributed by atoms with E-state index in [-0.39, 0.29) is 16.7 Å². The van der Waals surface area contributed by atoms with Crippen LogP contribution in [0.25, 0.3) is 0 Å². The smallest absolute Gasteiger partial charge is 0.337 e. The van der Waals surface area contributed by atoms with Gasteiger partial charge in [-0.3, -0.25) is 4.79 Å². The first-order valence-electron chi connectivity index (χ1n) is 10.2. The van der Waals surface area contributed by atoms with E-state index in [1.807, 2.05) is 4.90 Å². The zero-order chi connectivity index (χ0) is 21.2. The van der Waals surface area contributed by atoms with Crippen LogP contribution in [0.4, 0.5) is 0 Å². The zero-order valence-corrected chi connectivity index (χ0v) is 18.2. The molecule has 2 aliphatic heterocycles. The largest absolute Gasteiger partial charge is 0.465 e. The topological polar surface area (TPSA) is 84.0 Å². The molecule has 2 fully saturated rings. The molecule has 0 unspecified atom stereocenters. The van der Waals surface area contributed by atoms with E-state index in [4.69, 9.17) is 0 Å². The van der Waals surface area contributed by atoms with Crippen LogP contribution in [0.5, 0.6) is 0 Å². The Morgan fingerprint density at radius 3 is 2.21 bits per heavy atom. The number of ether oxygens (including phenoxy) is 1. The minimum atomic E-state index is -3.67. The van der Waals surface area contributed by atoms with Crippen molar-refractivity contribution in [3.8, 4) is 0 Å². The molecule has 1 aromatic rings. The number of hydrogen-bond donors (Lipinski definition) is 0. The molecule has 0 N–H and O–H groups in total. The number of nitrogens with zero attached hydrogens (tertiary/aromatic N) is 2. The van der Waals surface area contributed by atoms with Gasteiger partial charge in [0.25, 0.3) is 0 Å². The molecule has 8 heteroatoms. The van der Waals surface area contributed by atoms with Crippen molar-refractivity contribution < 1.29 is 22.7 Å². The molecule has 0 saturated carbocycles. The standard InChI is InChI=1S/C21H30N2O5S/c1-15-6-10-22(11-7-15)20(24)17-8-12-23(13-9-17)29(26,27)19-5-4-18(14-16(19)2)21(25)28-3/h4-5,14-15,17H,6-13H2,1-3H3.